The second-order valence-electron chi connectivity index (χ2n) is 6.21. The van der Waals surface area contributed by atoms with Gasteiger partial charge in [-0.05, 0) is 37.0 Å². The first-order valence-electron chi connectivity index (χ1n) is 8.63. The molecule has 2 fully saturated rings. The molecule has 0 aromatic heterocycles. The summed E-state index contributed by atoms with van der Waals surface area (Å²) >= 11 is 0. The maximum atomic E-state index is 11.8. The Morgan fingerprint density at radius 1 is 1.25 bits per heavy atom. The molecule has 2 atom stereocenters. The minimum Gasteiger partial charge on any atom is -0.491 e. The number of urea groups is 1. The van der Waals surface area contributed by atoms with Crippen LogP contribution < -0.4 is 26.2 Å². The van der Waals surface area contributed by atoms with Crippen molar-refractivity contribution in [1.29, 1.82) is 0 Å². The Balaban J connectivity index is 1.33. The summed E-state index contributed by atoms with van der Waals surface area (Å²) in [6.07, 6.45) is 3.44. The van der Waals surface area contributed by atoms with Crippen molar-refractivity contribution in [3.8, 4) is 5.75 Å². The number of rotatable bonds is 7. The molecule has 2 aliphatic heterocycles. The lowest BCUT2D eigenvalue weighted by molar-refractivity contribution is 0.0679. The summed E-state index contributed by atoms with van der Waals surface area (Å²) in [4.78, 5) is 11.8. The maximum absolute atomic E-state index is 11.8. The minimum absolute atomic E-state index is 0.151. The molecular weight excluding hydrogens is 308 g/mol. The van der Waals surface area contributed by atoms with Gasteiger partial charge in [0.25, 0.3) is 0 Å². The topological polar surface area (TPSA) is 83.7 Å². The van der Waals surface area contributed by atoms with Crippen molar-refractivity contribution in [3.63, 3.8) is 0 Å². The van der Waals surface area contributed by atoms with Gasteiger partial charge >= 0.3 is 6.03 Å². The van der Waals surface area contributed by atoms with Gasteiger partial charge in [-0.15, -0.1) is 0 Å². The molecule has 3 rings (SSSR count). The van der Waals surface area contributed by atoms with Crippen molar-refractivity contribution >= 4 is 6.03 Å². The molecule has 132 valence electrons. The zero-order chi connectivity index (χ0) is 16.6. The van der Waals surface area contributed by atoms with E-state index in [0.29, 0.717) is 25.7 Å². The highest BCUT2D eigenvalue weighted by Crippen LogP contribution is 2.16. The lowest BCUT2D eigenvalue weighted by atomic mass is 10.2. The molecule has 2 heterocycles. The fraction of sp³-hybridized carbons (Fsp3) is 0.588. The molecule has 2 aliphatic rings. The summed E-state index contributed by atoms with van der Waals surface area (Å²) < 4.78 is 11.3. The lowest BCUT2D eigenvalue weighted by Crippen LogP contribution is -2.43. The first-order chi connectivity index (χ1) is 11.8. The van der Waals surface area contributed by atoms with E-state index in [2.05, 4.69) is 21.5 Å². The fourth-order valence-electron chi connectivity index (χ4n) is 2.82. The van der Waals surface area contributed by atoms with Crippen LogP contribution in [-0.4, -0.2) is 44.5 Å². The number of carbonyl (C=O) groups is 1. The van der Waals surface area contributed by atoms with Crippen molar-refractivity contribution < 1.29 is 14.3 Å². The third kappa shape index (κ3) is 5.36. The van der Waals surface area contributed by atoms with Gasteiger partial charge in [0.05, 0.1) is 6.10 Å². The van der Waals surface area contributed by atoms with Crippen LogP contribution in [-0.2, 0) is 11.3 Å². The molecule has 2 amide bonds. The van der Waals surface area contributed by atoms with E-state index < -0.39 is 0 Å². The molecule has 2 saturated heterocycles. The van der Waals surface area contributed by atoms with E-state index in [4.69, 9.17) is 9.47 Å². The van der Waals surface area contributed by atoms with Crippen molar-refractivity contribution in [2.24, 2.45) is 0 Å². The zero-order valence-electron chi connectivity index (χ0n) is 13.8. The summed E-state index contributed by atoms with van der Waals surface area (Å²) in [5.74, 6) is 0.832. The summed E-state index contributed by atoms with van der Waals surface area (Å²) in [5.41, 5.74) is 7.19. The van der Waals surface area contributed by atoms with E-state index in [1.807, 2.05) is 24.3 Å². The Kier molecular flexibility index (Phi) is 6.28. The Hall–Kier alpha value is -1.83. The van der Waals surface area contributed by atoms with Gasteiger partial charge in [0.15, 0.2) is 0 Å². The first-order valence-corrected chi connectivity index (χ1v) is 8.63. The SMILES string of the molecule is O=C(NCc1ccc(OCC2CCCO2)cc1)NCC1CCNN1. The Morgan fingerprint density at radius 2 is 2.12 bits per heavy atom. The second-order valence-corrected chi connectivity index (χ2v) is 6.21. The van der Waals surface area contributed by atoms with E-state index in [9.17, 15) is 4.79 Å². The number of hydrazine groups is 1. The van der Waals surface area contributed by atoms with Gasteiger partial charge in [-0.1, -0.05) is 12.1 Å². The van der Waals surface area contributed by atoms with Crippen molar-refractivity contribution in [3.05, 3.63) is 29.8 Å². The molecule has 7 nitrogen and oxygen atoms in total. The van der Waals surface area contributed by atoms with Gasteiger partial charge in [-0.3, -0.25) is 10.9 Å². The molecule has 7 heteroatoms. The number of ether oxygens (including phenoxy) is 2. The van der Waals surface area contributed by atoms with Crippen LogP contribution in [0.25, 0.3) is 0 Å². The number of benzene rings is 1. The van der Waals surface area contributed by atoms with Crippen LogP contribution >= 0.6 is 0 Å². The average Bonchev–Trinajstić information content (AvgIpc) is 3.30. The quantitative estimate of drug-likeness (QED) is 0.596. The smallest absolute Gasteiger partial charge is 0.315 e. The van der Waals surface area contributed by atoms with Gasteiger partial charge in [0.1, 0.15) is 12.4 Å². The highest BCUT2D eigenvalue weighted by atomic mass is 16.5. The van der Waals surface area contributed by atoms with Crippen LogP contribution in [0, 0.1) is 0 Å². The molecule has 1 aromatic carbocycles. The van der Waals surface area contributed by atoms with Crippen molar-refractivity contribution in [2.45, 2.75) is 38.0 Å². The van der Waals surface area contributed by atoms with Crippen LogP contribution in [0.2, 0.25) is 0 Å². The van der Waals surface area contributed by atoms with Crippen LogP contribution in [0.15, 0.2) is 24.3 Å². The lowest BCUT2D eigenvalue weighted by Gasteiger charge is -2.13. The van der Waals surface area contributed by atoms with E-state index >= 15 is 0 Å². The Bertz CT molecular complexity index is 511. The Labute approximate surface area is 142 Å². The van der Waals surface area contributed by atoms with Gasteiger partial charge in [0.2, 0.25) is 0 Å². The predicted octanol–water partition coefficient (Wildman–Crippen LogP) is 0.910. The highest BCUT2D eigenvalue weighted by Gasteiger charge is 2.16. The molecule has 1 aromatic rings. The summed E-state index contributed by atoms with van der Waals surface area (Å²) in [5, 5.41) is 5.73. The van der Waals surface area contributed by atoms with Crippen molar-refractivity contribution in [2.75, 3.05) is 26.3 Å². The molecule has 0 aliphatic carbocycles. The molecule has 0 saturated carbocycles. The molecular formula is C17H26N4O3. The standard InChI is InChI=1S/C17H26N4O3/c22-17(19-11-14-7-8-20-21-14)18-10-13-3-5-15(6-4-13)24-12-16-2-1-9-23-16/h3-6,14,16,20-21H,1-2,7-12H2,(H2,18,19,22). The van der Waals surface area contributed by atoms with E-state index in [0.717, 1.165) is 43.7 Å². The number of nitrogens with one attached hydrogen (secondary N) is 4. The third-order valence-corrected chi connectivity index (χ3v) is 4.27. The predicted molar refractivity (Wildman–Crippen MR) is 90.7 cm³/mol. The van der Waals surface area contributed by atoms with Crippen LogP contribution in [0.4, 0.5) is 4.79 Å². The number of hydrogen-bond acceptors (Lipinski definition) is 5. The maximum Gasteiger partial charge on any atom is 0.315 e. The molecule has 24 heavy (non-hydrogen) atoms. The van der Waals surface area contributed by atoms with Crippen LogP contribution in [0.1, 0.15) is 24.8 Å². The summed E-state index contributed by atoms with van der Waals surface area (Å²) in [6, 6.07) is 7.94. The van der Waals surface area contributed by atoms with Crippen LogP contribution in [0.5, 0.6) is 5.75 Å². The molecule has 0 bridgehead atoms. The third-order valence-electron chi connectivity index (χ3n) is 4.27. The average molecular weight is 334 g/mol. The first kappa shape index (κ1) is 17.0. The van der Waals surface area contributed by atoms with Gasteiger partial charge in [-0.25, -0.2) is 4.79 Å². The monoisotopic (exact) mass is 334 g/mol. The highest BCUT2D eigenvalue weighted by molar-refractivity contribution is 5.73. The van der Waals surface area contributed by atoms with Gasteiger partial charge in [0, 0.05) is 32.3 Å². The second kappa shape index (κ2) is 8.86. The van der Waals surface area contributed by atoms with E-state index in [1.165, 1.54) is 0 Å². The number of amides is 2. The Morgan fingerprint density at radius 3 is 2.83 bits per heavy atom. The number of hydrogen-bond donors (Lipinski definition) is 4. The van der Waals surface area contributed by atoms with Gasteiger partial charge in [-0.2, -0.15) is 0 Å². The van der Waals surface area contributed by atoms with Crippen molar-refractivity contribution in [1.82, 2.24) is 21.5 Å². The molecule has 2 unspecified atom stereocenters. The van der Waals surface area contributed by atoms with Crippen LogP contribution in [0.3, 0.4) is 0 Å². The van der Waals surface area contributed by atoms with E-state index in [1.54, 1.807) is 0 Å². The minimum atomic E-state index is -0.151. The van der Waals surface area contributed by atoms with E-state index in [-0.39, 0.29) is 12.1 Å². The molecule has 4 N–H and O–H groups in total. The van der Waals surface area contributed by atoms with Gasteiger partial charge < -0.3 is 20.1 Å². The zero-order valence-corrected chi connectivity index (χ0v) is 13.8. The molecule has 0 spiro atoms. The fourth-order valence-corrected chi connectivity index (χ4v) is 2.82. The number of carbonyl (C=O) groups excluding carboxylic acids is 1. The summed E-state index contributed by atoms with van der Waals surface area (Å²) in [6.45, 7) is 3.50. The largest absolute Gasteiger partial charge is 0.491 e. The molecule has 0 radical (unpaired) electrons. The normalized spacial score (nSPS) is 23.2. The summed E-state index contributed by atoms with van der Waals surface area (Å²) in [7, 11) is 0.